The van der Waals surface area contributed by atoms with Gasteiger partial charge < -0.3 is 11.5 Å². The van der Waals surface area contributed by atoms with Gasteiger partial charge in [0.05, 0.1) is 0 Å². The van der Waals surface area contributed by atoms with Crippen molar-refractivity contribution in [3.05, 3.63) is 24.0 Å². The van der Waals surface area contributed by atoms with E-state index in [1.165, 1.54) is 0 Å². The lowest BCUT2D eigenvalue weighted by Gasteiger charge is -2.00. The van der Waals surface area contributed by atoms with Crippen LogP contribution in [0.3, 0.4) is 0 Å². The summed E-state index contributed by atoms with van der Waals surface area (Å²) in [5, 5.41) is 6.78. The molecule has 0 amide bonds. The highest BCUT2D eigenvalue weighted by Gasteiger charge is 2.04. The first-order valence-corrected chi connectivity index (χ1v) is 4.20. The zero-order valence-corrected chi connectivity index (χ0v) is 7.78. The Morgan fingerprint density at radius 2 is 1.79 bits per heavy atom. The number of hydrogen-bond acceptors (Lipinski definition) is 4. The number of aryl methyl sites for hydroxylation is 1. The number of aromatic nitrogens is 3. The van der Waals surface area contributed by atoms with E-state index >= 15 is 0 Å². The Bertz CT molecular complexity index is 440. The van der Waals surface area contributed by atoms with Crippen LogP contribution in [0, 0.1) is 6.92 Å². The van der Waals surface area contributed by atoms with Gasteiger partial charge in [-0.05, 0) is 25.1 Å². The molecule has 0 saturated heterocycles. The van der Waals surface area contributed by atoms with Gasteiger partial charge in [-0.3, -0.25) is 5.10 Å². The number of aromatic amines is 1. The number of nitrogens with zero attached hydrogens (tertiary/aromatic N) is 2. The van der Waals surface area contributed by atoms with Crippen LogP contribution in [0.2, 0.25) is 0 Å². The molecule has 0 aliphatic carbocycles. The second-order valence-electron chi connectivity index (χ2n) is 3.13. The number of H-pyrrole nitrogens is 1. The van der Waals surface area contributed by atoms with E-state index in [0.29, 0.717) is 17.2 Å². The number of nitrogens with two attached hydrogens (primary N) is 2. The molecule has 0 saturated carbocycles. The van der Waals surface area contributed by atoms with Crippen LogP contribution in [-0.2, 0) is 0 Å². The molecule has 14 heavy (non-hydrogen) atoms. The molecule has 72 valence electrons. The van der Waals surface area contributed by atoms with Crippen LogP contribution in [0.5, 0.6) is 0 Å². The van der Waals surface area contributed by atoms with E-state index in [-0.39, 0.29) is 0 Å². The summed E-state index contributed by atoms with van der Waals surface area (Å²) in [7, 11) is 0. The lowest BCUT2D eigenvalue weighted by atomic mass is 10.1. The molecule has 1 aromatic heterocycles. The van der Waals surface area contributed by atoms with E-state index in [2.05, 4.69) is 15.2 Å². The van der Waals surface area contributed by atoms with Crippen LogP contribution in [0.25, 0.3) is 11.4 Å². The van der Waals surface area contributed by atoms with Crippen molar-refractivity contribution in [3.63, 3.8) is 0 Å². The molecule has 0 bridgehead atoms. The fourth-order valence-electron chi connectivity index (χ4n) is 1.28. The largest absolute Gasteiger partial charge is 0.399 e. The molecule has 5 heteroatoms. The highest BCUT2D eigenvalue weighted by atomic mass is 15.2. The van der Waals surface area contributed by atoms with E-state index in [9.17, 15) is 0 Å². The minimum absolute atomic E-state index is 0.613. The number of anilines is 2. The molecule has 0 spiro atoms. The van der Waals surface area contributed by atoms with Crippen LogP contribution >= 0.6 is 0 Å². The maximum atomic E-state index is 5.66. The smallest absolute Gasteiger partial charge is 0.181 e. The molecule has 0 aliphatic rings. The second kappa shape index (κ2) is 3.02. The first-order valence-electron chi connectivity index (χ1n) is 4.20. The molecule has 0 fully saturated rings. The zero-order chi connectivity index (χ0) is 10.1. The van der Waals surface area contributed by atoms with Crippen molar-refractivity contribution in [2.45, 2.75) is 6.92 Å². The maximum Gasteiger partial charge on any atom is 0.181 e. The van der Waals surface area contributed by atoms with E-state index in [4.69, 9.17) is 11.5 Å². The fourth-order valence-corrected chi connectivity index (χ4v) is 1.28. The Kier molecular flexibility index (Phi) is 1.85. The molecular formula is C9H11N5. The molecule has 2 rings (SSSR count). The third-order valence-electron chi connectivity index (χ3n) is 1.83. The summed E-state index contributed by atoms with van der Waals surface area (Å²) < 4.78 is 0. The summed E-state index contributed by atoms with van der Waals surface area (Å²) in [6.45, 7) is 1.84. The Morgan fingerprint density at radius 3 is 2.29 bits per heavy atom. The topological polar surface area (TPSA) is 93.6 Å². The summed E-state index contributed by atoms with van der Waals surface area (Å²) in [5.41, 5.74) is 13.4. The summed E-state index contributed by atoms with van der Waals surface area (Å²) in [6, 6.07) is 5.28. The van der Waals surface area contributed by atoms with Gasteiger partial charge in [0.2, 0.25) is 0 Å². The molecule has 0 atom stereocenters. The van der Waals surface area contributed by atoms with Crippen molar-refractivity contribution >= 4 is 11.4 Å². The van der Waals surface area contributed by atoms with Gasteiger partial charge in [0.25, 0.3) is 0 Å². The highest BCUT2D eigenvalue weighted by molar-refractivity contribution is 5.67. The Hall–Kier alpha value is -2.04. The van der Waals surface area contributed by atoms with Crippen LogP contribution in [0.15, 0.2) is 18.2 Å². The van der Waals surface area contributed by atoms with Crippen LogP contribution < -0.4 is 11.5 Å². The highest BCUT2D eigenvalue weighted by Crippen LogP contribution is 2.21. The predicted octanol–water partition coefficient (Wildman–Crippen LogP) is 0.945. The average molecular weight is 189 g/mol. The summed E-state index contributed by atoms with van der Waals surface area (Å²) in [6.07, 6.45) is 0. The number of benzene rings is 1. The van der Waals surface area contributed by atoms with Gasteiger partial charge in [-0.25, -0.2) is 4.98 Å². The maximum absolute atomic E-state index is 5.66. The average Bonchev–Trinajstić information content (AvgIpc) is 2.50. The van der Waals surface area contributed by atoms with E-state index in [1.807, 2.05) is 6.92 Å². The van der Waals surface area contributed by atoms with Gasteiger partial charge in [0, 0.05) is 16.9 Å². The number of rotatable bonds is 1. The third kappa shape index (κ3) is 1.52. The van der Waals surface area contributed by atoms with Gasteiger partial charge in [0.1, 0.15) is 5.82 Å². The molecule has 0 aliphatic heterocycles. The molecule has 5 nitrogen and oxygen atoms in total. The molecule has 1 heterocycles. The van der Waals surface area contributed by atoms with Crippen LogP contribution in [0.1, 0.15) is 5.82 Å². The van der Waals surface area contributed by atoms with E-state index in [1.54, 1.807) is 18.2 Å². The Morgan fingerprint density at radius 1 is 1.14 bits per heavy atom. The predicted molar refractivity (Wildman–Crippen MR) is 55.4 cm³/mol. The van der Waals surface area contributed by atoms with Crippen molar-refractivity contribution in [2.75, 3.05) is 11.5 Å². The van der Waals surface area contributed by atoms with Crippen LogP contribution in [0.4, 0.5) is 11.4 Å². The van der Waals surface area contributed by atoms with Gasteiger partial charge in [0.15, 0.2) is 5.82 Å². The SMILES string of the molecule is Cc1nc(-c2cc(N)cc(N)c2)n[nH]1. The quantitative estimate of drug-likeness (QED) is 0.582. The van der Waals surface area contributed by atoms with Crippen molar-refractivity contribution in [3.8, 4) is 11.4 Å². The second-order valence-corrected chi connectivity index (χ2v) is 3.13. The third-order valence-corrected chi connectivity index (χ3v) is 1.83. The molecule has 0 unspecified atom stereocenters. The lowest BCUT2D eigenvalue weighted by Crippen LogP contribution is -1.92. The molecule has 2 aromatic rings. The standard InChI is InChI=1S/C9H11N5/c1-5-12-9(14-13-5)6-2-7(10)4-8(11)3-6/h2-4H,10-11H2,1H3,(H,12,13,14). The first-order chi connectivity index (χ1) is 6.65. The number of hydrogen-bond donors (Lipinski definition) is 3. The van der Waals surface area contributed by atoms with Gasteiger partial charge in [-0.15, -0.1) is 0 Å². The monoisotopic (exact) mass is 189 g/mol. The normalized spacial score (nSPS) is 10.4. The molecular weight excluding hydrogens is 178 g/mol. The van der Waals surface area contributed by atoms with Gasteiger partial charge >= 0.3 is 0 Å². The van der Waals surface area contributed by atoms with Gasteiger partial charge in [-0.1, -0.05) is 0 Å². The van der Waals surface area contributed by atoms with Crippen molar-refractivity contribution < 1.29 is 0 Å². The number of nitrogens with one attached hydrogen (secondary N) is 1. The zero-order valence-electron chi connectivity index (χ0n) is 7.78. The molecule has 5 N–H and O–H groups in total. The Labute approximate surface area is 81.2 Å². The van der Waals surface area contributed by atoms with Crippen molar-refractivity contribution in [1.29, 1.82) is 0 Å². The first kappa shape index (κ1) is 8.55. The Balaban J connectivity index is 2.51. The minimum atomic E-state index is 0.613. The van der Waals surface area contributed by atoms with Gasteiger partial charge in [-0.2, -0.15) is 5.10 Å². The van der Waals surface area contributed by atoms with Crippen molar-refractivity contribution in [1.82, 2.24) is 15.2 Å². The molecule has 0 radical (unpaired) electrons. The van der Waals surface area contributed by atoms with Crippen LogP contribution in [-0.4, -0.2) is 15.2 Å². The summed E-state index contributed by atoms with van der Waals surface area (Å²) >= 11 is 0. The minimum Gasteiger partial charge on any atom is -0.399 e. The lowest BCUT2D eigenvalue weighted by molar-refractivity contribution is 1.04. The van der Waals surface area contributed by atoms with E-state index in [0.717, 1.165) is 11.4 Å². The molecule has 1 aromatic carbocycles. The number of nitrogen functional groups attached to an aromatic ring is 2. The fraction of sp³-hybridized carbons (Fsp3) is 0.111. The van der Waals surface area contributed by atoms with E-state index < -0.39 is 0 Å². The summed E-state index contributed by atoms with van der Waals surface area (Å²) in [5.74, 6) is 1.38. The van der Waals surface area contributed by atoms with Crippen molar-refractivity contribution in [2.24, 2.45) is 0 Å². The summed E-state index contributed by atoms with van der Waals surface area (Å²) in [4.78, 5) is 4.19.